The highest BCUT2D eigenvalue weighted by Gasteiger charge is 2.35. The molecule has 0 aromatic heterocycles. The summed E-state index contributed by atoms with van der Waals surface area (Å²) < 4.78 is 10.2. The van der Waals surface area contributed by atoms with Crippen molar-refractivity contribution in [2.24, 2.45) is 0 Å². The highest BCUT2D eigenvalue weighted by Crippen LogP contribution is 2.26. The quantitative estimate of drug-likeness (QED) is 0.558. The first-order chi connectivity index (χ1) is 13.9. The topological polar surface area (TPSA) is 97.0 Å². The third kappa shape index (κ3) is 4.49. The molecule has 29 heavy (non-hydrogen) atoms. The van der Waals surface area contributed by atoms with Gasteiger partial charge in [0.15, 0.2) is 0 Å². The number of urea groups is 1. The van der Waals surface area contributed by atoms with Crippen LogP contribution in [0, 0.1) is 0 Å². The molecule has 4 amide bonds. The number of benzene rings is 2. The second kappa shape index (κ2) is 8.66. The first-order valence-electron chi connectivity index (χ1n) is 8.54. The highest BCUT2D eigenvalue weighted by molar-refractivity contribution is 6.32. The second-order valence-corrected chi connectivity index (χ2v) is 6.43. The van der Waals surface area contributed by atoms with Crippen molar-refractivity contribution in [1.29, 1.82) is 0 Å². The van der Waals surface area contributed by atoms with E-state index < -0.39 is 24.4 Å². The zero-order chi connectivity index (χ0) is 21.0. The number of para-hydroxylation sites is 2. The van der Waals surface area contributed by atoms with Crippen LogP contribution in [-0.2, 0) is 9.59 Å². The average molecular weight is 416 g/mol. The number of hydrogen-bond donors (Lipinski definition) is 2. The van der Waals surface area contributed by atoms with Crippen LogP contribution in [0.25, 0.3) is 6.08 Å². The van der Waals surface area contributed by atoms with E-state index in [1.165, 1.54) is 20.3 Å². The minimum atomic E-state index is -0.684. The molecule has 150 valence electrons. The fourth-order valence-electron chi connectivity index (χ4n) is 2.74. The Hall–Kier alpha value is -3.52. The molecule has 9 heteroatoms. The summed E-state index contributed by atoms with van der Waals surface area (Å²) in [4.78, 5) is 37.9. The van der Waals surface area contributed by atoms with E-state index in [2.05, 4.69) is 10.6 Å². The smallest absolute Gasteiger partial charge is 0.329 e. The normalized spacial score (nSPS) is 14.7. The van der Waals surface area contributed by atoms with Crippen molar-refractivity contribution in [3.63, 3.8) is 0 Å². The van der Waals surface area contributed by atoms with E-state index in [1.807, 2.05) is 0 Å². The molecule has 8 nitrogen and oxygen atoms in total. The van der Waals surface area contributed by atoms with Crippen molar-refractivity contribution in [3.8, 4) is 11.5 Å². The number of anilines is 1. The number of hydrogen-bond acceptors (Lipinski definition) is 5. The Bertz CT molecular complexity index is 1010. The SMILES string of the molecule is COc1ccc(/C=C2/NC(=O)N(CC(=O)Nc3ccccc3OC)C2=O)cc1Cl. The number of carbonyl (C=O) groups is 3. The zero-order valence-electron chi connectivity index (χ0n) is 15.7. The summed E-state index contributed by atoms with van der Waals surface area (Å²) in [6.07, 6.45) is 1.48. The van der Waals surface area contributed by atoms with E-state index >= 15 is 0 Å². The third-order valence-corrected chi connectivity index (χ3v) is 4.43. The maximum Gasteiger partial charge on any atom is 0.329 e. The highest BCUT2D eigenvalue weighted by atomic mass is 35.5. The fraction of sp³-hybridized carbons (Fsp3) is 0.150. The lowest BCUT2D eigenvalue weighted by Crippen LogP contribution is -2.38. The summed E-state index contributed by atoms with van der Waals surface area (Å²) in [5.74, 6) is -0.191. The lowest BCUT2D eigenvalue weighted by atomic mass is 10.2. The number of ether oxygens (including phenoxy) is 2. The van der Waals surface area contributed by atoms with Gasteiger partial charge in [0, 0.05) is 0 Å². The van der Waals surface area contributed by atoms with Gasteiger partial charge in [0.05, 0.1) is 24.9 Å². The van der Waals surface area contributed by atoms with Crippen molar-refractivity contribution in [2.45, 2.75) is 0 Å². The molecule has 0 radical (unpaired) electrons. The molecule has 1 aliphatic heterocycles. The van der Waals surface area contributed by atoms with Gasteiger partial charge < -0.3 is 20.1 Å². The third-order valence-electron chi connectivity index (χ3n) is 4.13. The maximum absolute atomic E-state index is 12.6. The summed E-state index contributed by atoms with van der Waals surface area (Å²) in [6.45, 7) is -0.441. The van der Waals surface area contributed by atoms with E-state index in [0.717, 1.165) is 4.90 Å². The molecule has 2 aromatic rings. The molecular formula is C20H18ClN3O5. The number of amides is 4. The Morgan fingerprint density at radius 2 is 1.86 bits per heavy atom. The molecule has 0 atom stereocenters. The summed E-state index contributed by atoms with van der Waals surface area (Å²) in [5.41, 5.74) is 1.08. The van der Waals surface area contributed by atoms with Gasteiger partial charge in [-0.25, -0.2) is 9.69 Å². The number of imide groups is 1. The van der Waals surface area contributed by atoms with Gasteiger partial charge in [-0.15, -0.1) is 0 Å². The molecule has 0 bridgehead atoms. The molecule has 1 saturated heterocycles. The van der Waals surface area contributed by atoms with Crippen LogP contribution < -0.4 is 20.1 Å². The Balaban J connectivity index is 1.72. The largest absolute Gasteiger partial charge is 0.495 e. The lowest BCUT2D eigenvalue weighted by Gasteiger charge is -2.13. The second-order valence-electron chi connectivity index (χ2n) is 6.02. The summed E-state index contributed by atoms with van der Waals surface area (Å²) in [7, 11) is 2.97. The molecule has 2 N–H and O–H groups in total. The number of carbonyl (C=O) groups excluding carboxylic acids is 3. The van der Waals surface area contributed by atoms with Crippen LogP contribution in [0.5, 0.6) is 11.5 Å². The van der Waals surface area contributed by atoms with E-state index in [1.54, 1.807) is 42.5 Å². The standard InChI is InChI=1S/C20H18ClN3O5/c1-28-16-8-7-12(9-13(16)21)10-15-19(26)24(20(27)23-15)11-18(25)22-14-5-3-4-6-17(14)29-2/h3-10H,11H2,1-2H3,(H,22,25)(H,23,27)/b15-10+. The van der Waals surface area contributed by atoms with Crippen LogP contribution in [0.3, 0.4) is 0 Å². The molecule has 1 heterocycles. The summed E-state index contributed by atoms with van der Waals surface area (Å²) in [5, 5.41) is 5.45. The number of nitrogens with zero attached hydrogens (tertiary/aromatic N) is 1. The summed E-state index contributed by atoms with van der Waals surface area (Å²) >= 11 is 6.08. The van der Waals surface area contributed by atoms with Gasteiger partial charge in [0.2, 0.25) is 5.91 Å². The molecular weight excluding hydrogens is 398 g/mol. The van der Waals surface area contributed by atoms with Gasteiger partial charge >= 0.3 is 6.03 Å². The molecule has 1 fully saturated rings. The number of halogens is 1. The van der Waals surface area contributed by atoms with Gasteiger partial charge in [-0.3, -0.25) is 9.59 Å². The molecule has 1 aliphatic rings. The van der Waals surface area contributed by atoms with Gasteiger partial charge in [0.1, 0.15) is 23.7 Å². The minimum absolute atomic E-state index is 0.0429. The minimum Gasteiger partial charge on any atom is -0.495 e. The Labute approximate surface area is 172 Å². The Kier molecular flexibility index (Phi) is 6.04. The predicted octanol–water partition coefficient (Wildman–Crippen LogP) is 2.89. The van der Waals surface area contributed by atoms with E-state index in [4.69, 9.17) is 21.1 Å². The number of rotatable bonds is 6. The van der Waals surface area contributed by atoms with Crippen molar-refractivity contribution >= 4 is 41.2 Å². The molecule has 0 aliphatic carbocycles. The van der Waals surface area contributed by atoms with Gasteiger partial charge in [-0.05, 0) is 35.9 Å². The lowest BCUT2D eigenvalue weighted by molar-refractivity contribution is -0.127. The Morgan fingerprint density at radius 3 is 2.55 bits per heavy atom. The van der Waals surface area contributed by atoms with E-state index in [9.17, 15) is 14.4 Å². The predicted molar refractivity (Wildman–Crippen MR) is 108 cm³/mol. The molecule has 0 unspecified atom stereocenters. The van der Waals surface area contributed by atoms with Crippen LogP contribution in [0.1, 0.15) is 5.56 Å². The Morgan fingerprint density at radius 1 is 1.14 bits per heavy atom. The van der Waals surface area contributed by atoms with Crippen molar-refractivity contribution in [2.75, 3.05) is 26.1 Å². The van der Waals surface area contributed by atoms with Gasteiger partial charge in [-0.2, -0.15) is 0 Å². The average Bonchev–Trinajstić information content (AvgIpc) is 2.96. The van der Waals surface area contributed by atoms with Crippen LogP contribution in [0.4, 0.5) is 10.5 Å². The van der Waals surface area contributed by atoms with Crippen molar-refractivity contribution in [1.82, 2.24) is 10.2 Å². The van der Waals surface area contributed by atoms with E-state index in [-0.39, 0.29) is 5.70 Å². The van der Waals surface area contributed by atoms with E-state index in [0.29, 0.717) is 27.8 Å². The van der Waals surface area contributed by atoms with Crippen LogP contribution in [-0.4, -0.2) is 43.5 Å². The zero-order valence-corrected chi connectivity index (χ0v) is 16.4. The summed E-state index contributed by atoms with van der Waals surface area (Å²) in [6, 6.07) is 11.1. The monoisotopic (exact) mass is 415 g/mol. The first kappa shape index (κ1) is 20.2. The molecule has 3 rings (SSSR count). The van der Waals surface area contributed by atoms with Gasteiger partial charge in [-0.1, -0.05) is 29.8 Å². The number of nitrogens with one attached hydrogen (secondary N) is 2. The van der Waals surface area contributed by atoms with Crippen LogP contribution in [0.2, 0.25) is 5.02 Å². The molecule has 0 spiro atoms. The molecule has 0 saturated carbocycles. The van der Waals surface area contributed by atoms with Crippen LogP contribution in [0.15, 0.2) is 48.2 Å². The first-order valence-corrected chi connectivity index (χ1v) is 8.91. The van der Waals surface area contributed by atoms with Gasteiger partial charge in [0.25, 0.3) is 5.91 Å². The van der Waals surface area contributed by atoms with Crippen molar-refractivity contribution in [3.05, 3.63) is 58.7 Å². The van der Waals surface area contributed by atoms with Crippen molar-refractivity contribution < 1.29 is 23.9 Å². The fourth-order valence-corrected chi connectivity index (χ4v) is 3.00. The van der Waals surface area contributed by atoms with Crippen LogP contribution >= 0.6 is 11.6 Å². The maximum atomic E-state index is 12.6. The molecule has 2 aromatic carbocycles. The number of methoxy groups -OCH3 is 2.